The second-order valence-corrected chi connectivity index (χ2v) is 4.88. The predicted octanol–water partition coefficient (Wildman–Crippen LogP) is 0.211. The highest BCUT2D eigenvalue weighted by Gasteiger charge is 2.40. The van der Waals surface area contributed by atoms with Gasteiger partial charge in [0.15, 0.2) is 0 Å². The van der Waals surface area contributed by atoms with Crippen molar-refractivity contribution >= 4 is 0 Å². The van der Waals surface area contributed by atoms with Crippen LogP contribution in [0.1, 0.15) is 25.0 Å². The molecular formula is C11H18F3N5O. The maximum absolute atomic E-state index is 12.7. The van der Waals surface area contributed by atoms with Crippen LogP contribution in [-0.2, 0) is 19.3 Å². The Balaban J connectivity index is 2.18. The molecule has 0 saturated carbocycles. The number of aliphatic hydroxyl groups is 1. The van der Waals surface area contributed by atoms with E-state index in [1.165, 1.54) is 0 Å². The quantitative estimate of drug-likeness (QED) is 0.829. The number of nitrogens with zero attached hydrogens (tertiary/aromatic N) is 4. The fourth-order valence-corrected chi connectivity index (χ4v) is 2.46. The summed E-state index contributed by atoms with van der Waals surface area (Å²) in [7, 11) is 0. The van der Waals surface area contributed by atoms with E-state index < -0.39 is 12.0 Å². The van der Waals surface area contributed by atoms with Crippen molar-refractivity contribution in [3.63, 3.8) is 0 Å². The fourth-order valence-electron chi connectivity index (χ4n) is 2.46. The zero-order chi connectivity index (χ0) is 14.9. The number of aliphatic hydroxyl groups excluding tert-OH is 1. The molecule has 0 aliphatic carbocycles. The molecule has 0 radical (unpaired) electrons. The van der Waals surface area contributed by atoms with E-state index in [1.54, 1.807) is 0 Å². The van der Waals surface area contributed by atoms with Crippen molar-refractivity contribution in [2.75, 3.05) is 13.2 Å². The molecule has 2 unspecified atom stereocenters. The first-order chi connectivity index (χ1) is 9.38. The standard InChI is InChI=1S/C11H18F3N5O/c1-2-7(15)8(6-20)18-3-4-19-9(5-18)16-17-10(19)11(12,13)14/h7-8,20H,2-6,15H2,1H3. The van der Waals surface area contributed by atoms with Gasteiger partial charge in [-0.05, 0) is 6.42 Å². The Kier molecular flexibility index (Phi) is 4.31. The maximum Gasteiger partial charge on any atom is 0.451 e. The Bertz CT molecular complexity index is 461. The van der Waals surface area contributed by atoms with Crippen LogP contribution in [0.3, 0.4) is 0 Å². The number of fused-ring (bicyclic) bond motifs is 1. The van der Waals surface area contributed by atoms with Gasteiger partial charge in [-0.1, -0.05) is 6.92 Å². The second kappa shape index (κ2) is 5.66. The molecule has 1 aliphatic heterocycles. The first kappa shape index (κ1) is 15.2. The summed E-state index contributed by atoms with van der Waals surface area (Å²) in [6.07, 6.45) is -3.81. The Morgan fingerprint density at radius 1 is 1.35 bits per heavy atom. The van der Waals surface area contributed by atoms with E-state index in [0.717, 1.165) is 4.57 Å². The molecule has 2 heterocycles. The molecular weight excluding hydrogens is 275 g/mol. The van der Waals surface area contributed by atoms with Gasteiger partial charge in [-0.3, -0.25) is 4.90 Å². The van der Waals surface area contributed by atoms with Gasteiger partial charge in [0, 0.05) is 25.2 Å². The average molecular weight is 293 g/mol. The molecule has 0 bridgehead atoms. The van der Waals surface area contributed by atoms with Crippen molar-refractivity contribution in [2.24, 2.45) is 5.73 Å². The van der Waals surface area contributed by atoms with E-state index in [1.807, 2.05) is 11.8 Å². The molecule has 0 aromatic carbocycles. The molecule has 0 fully saturated rings. The van der Waals surface area contributed by atoms with E-state index in [0.29, 0.717) is 13.0 Å². The third kappa shape index (κ3) is 2.79. The Hall–Kier alpha value is -1.19. The number of rotatable bonds is 4. The van der Waals surface area contributed by atoms with Crippen LogP contribution in [-0.4, -0.2) is 50.0 Å². The molecule has 1 aromatic heterocycles. The van der Waals surface area contributed by atoms with Crippen LogP contribution < -0.4 is 5.73 Å². The topological polar surface area (TPSA) is 80.2 Å². The molecule has 114 valence electrons. The van der Waals surface area contributed by atoms with Crippen LogP contribution in [0.25, 0.3) is 0 Å². The van der Waals surface area contributed by atoms with Crippen molar-refractivity contribution in [3.8, 4) is 0 Å². The van der Waals surface area contributed by atoms with Gasteiger partial charge in [0.1, 0.15) is 5.82 Å². The van der Waals surface area contributed by atoms with Crippen molar-refractivity contribution in [1.29, 1.82) is 0 Å². The molecule has 0 spiro atoms. The van der Waals surface area contributed by atoms with E-state index in [4.69, 9.17) is 5.73 Å². The summed E-state index contributed by atoms with van der Waals surface area (Å²) in [5.74, 6) is -0.710. The van der Waals surface area contributed by atoms with Crippen LogP contribution in [0.5, 0.6) is 0 Å². The van der Waals surface area contributed by atoms with Crippen LogP contribution in [0.15, 0.2) is 0 Å². The summed E-state index contributed by atoms with van der Waals surface area (Å²) in [4.78, 5) is 1.86. The van der Waals surface area contributed by atoms with Crippen LogP contribution in [0.4, 0.5) is 13.2 Å². The zero-order valence-electron chi connectivity index (χ0n) is 11.1. The molecule has 6 nitrogen and oxygen atoms in total. The minimum atomic E-state index is -4.50. The summed E-state index contributed by atoms with van der Waals surface area (Å²) in [5.41, 5.74) is 5.93. The predicted molar refractivity (Wildman–Crippen MR) is 64.6 cm³/mol. The second-order valence-electron chi connectivity index (χ2n) is 4.88. The van der Waals surface area contributed by atoms with Crippen molar-refractivity contribution < 1.29 is 18.3 Å². The highest BCUT2D eigenvalue weighted by molar-refractivity contribution is 5.03. The minimum absolute atomic E-state index is 0.130. The van der Waals surface area contributed by atoms with Crippen LogP contribution >= 0.6 is 0 Å². The van der Waals surface area contributed by atoms with Crippen molar-refractivity contribution in [3.05, 3.63) is 11.6 Å². The number of nitrogens with two attached hydrogens (primary N) is 1. The SMILES string of the molecule is CCC(N)C(CO)N1CCn2c(nnc2C(F)(F)F)C1. The molecule has 20 heavy (non-hydrogen) atoms. The molecule has 0 saturated heterocycles. The van der Waals surface area contributed by atoms with Gasteiger partial charge in [-0.2, -0.15) is 13.2 Å². The molecule has 1 aliphatic rings. The fraction of sp³-hybridized carbons (Fsp3) is 0.818. The molecule has 0 amide bonds. The lowest BCUT2D eigenvalue weighted by Crippen LogP contribution is -2.52. The van der Waals surface area contributed by atoms with Gasteiger partial charge < -0.3 is 15.4 Å². The van der Waals surface area contributed by atoms with Gasteiger partial charge >= 0.3 is 6.18 Å². The highest BCUT2D eigenvalue weighted by atomic mass is 19.4. The average Bonchev–Trinajstić information content (AvgIpc) is 2.82. The number of hydrogen-bond acceptors (Lipinski definition) is 5. The smallest absolute Gasteiger partial charge is 0.395 e. The third-order valence-electron chi connectivity index (χ3n) is 3.66. The third-order valence-corrected chi connectivity index (χ3v) is 3.66. The lowest BCUT2D eigenvalue weighted by Gasteiger charge is -2.36. The molecule has 2 rings (SSSR count). The first-order valence-corrected chi connectivity index (χ1v) is 6.48. The largest absolute Gasteiger partial charge is 0.451 e. The van der Waals surface area contributed by atoms with Gasteiger partial charge in [-0.25, -0.2) is 0 Å². The Labute approximate surface area is 114 Å². The summed E-state index contributed by atoms with van der Waals surface area (Å²) in [6, 6.07) is -0.503. The number of hydrogen-bond donors (Lipinski definition) is 2. The summed E-state index contributed by atoms with van der Waals surface area (Å²) < 4.78 is 39.2. The summed E-state index contributed by atoms with van der Waals surface area (Å²) in [6.45, 7) is 2.51. The van der Waals surface area contributed by atoms with E-state index in [2.05, 4.69) is 10.2 Å². The number of aromatic nitrogens is 3. The normalized spacial score (nSPS) is 19.7. The van der Waals surface area contributed by atoms with Gasteiger partial charge in [0.2, 0.25) is 5.82 Å². The Morgan fingerprint density at radius 3 is 2.60 bits per heavy atom. The zero-order valence-corrected chi connectivity index (χ0v) is 11.1. The van der Waals surface area contributed by atoms with E-state index in [9.17, 15) is 18.3 Å². The monoisotopic (exact) mass is 293 g/mol. The van der Waals surface area contributed by atoms with Gasteiger partial charge in [0.25, 0.3) is 0 Å². The highest BCUT2D eigenvalue weighted by Crippen LogP contribution is 2.29. The van der Waals surface area contributed by atoms with E-state index in [-0.39, 0.29) is 37.6 Å². The van der Waals surface area contributed by atoms with Crippen LogP contribution in [0.2, 0.25) is 0 Å². The lowest BCUT2D eigenvalue weighted by molar-refractivity contribution is -0.148. The maximum atomic E-state index is 12.7. The summed E-state index contributed by atoms with van der Waals surface area (Å²) >= 11 is 0. The molecule has 9 heteroatoms. The van der Waals surface area contributed by atoms with E-state index >= 15 is 0 Å². The van der Waals surface area contributed by atoms with Crippen LogP contribution in [0, 0.1) is 0 Å². The van der Waals surface area contributed by atoms with Crippen molar-refractivity contribution in [1.82, 2.24) is 19.7 Å². The summed E-state index contributed by atoms with van der Waals surface area (Å²) in [5, 5.41) is 16.2. The molecule has 2 atom stereocenters. The van der Waals surface area contributed by atoms with Crippen molar-refractivity contribution in [2.45, 2.75) is 44.7 Å². The lowest BCUT2D eigenvalue weighted by atomic mass is 10.1. The molecule has 1 aromatic rings. The van der Waals surface area contributed by atoms with Gasteiger partial charge in [-0.15, -0.1) is 10.2 Å². The minimum Gasteiger partial charge on any atom is -0.395 e. The Morgan fingerprint density at radius 2 is 2.05 bits per heavy atom. The number of alkyl halides is 3. The molecule has 3 N–H and O–H groups in total. The number of halogens is 3. The first-order valence-electron chi connectivity index (χ1n) is 6.48. The van der Waals surface area contributed by atoms with Gasteiger partial charge in [0.05, 0.1) is 13.2 Å².